The van der Waals surface area contributed by atoms with E-state index in [4.69, 9.17) is 9.47 Å². The smallest absolute Gasteiger partial charge is 0.321 e. The van der Waals surface area contributed by atoms with Gasteiger partial charge in [-0.2, -0.15) is 0 Å². The summed E-state index contributed by atoms with van der Waals surface area (Å²) in [7, 11) is 0. The highest BCUT2D eigenvalue weighted by molar-refractivity contribution is 5.95. The molecule has 1 aromatic carbocycles. The Morgan fingerprint density at radius 1 is 1.24 bits per heavy atom. The van der Waals surface area contributed by atoms with Crippen LogP contribution in [0.5, 0.6) is 11.5 Å². The van der Waals surface area contributed by atoms with E-state index < -0.39 is 11.6 Å². The van der Waals surface area contributed by atoms with E-state index in [0.717, 1.165) is 5.75 Å². The first-order valence-electron chi connectivity index (χ1n) is 8.49. The summed E-state index contributed by atoms with van der Waals surface area (Å²) in [6, 6.07) is 7.03. The van der Waals surface area contributed by atoms with Gasteiger partial charge in [-0.1, -0.05) is 19.1 Å². The Hall–Kier alpha value is -2.28. The second kappa shape index (κ2) is 8.20. The fourth-order valence-corrected chi connectivity index (χ4v) is 2.49. The number of nitrogens with one attached hydrogen (secondary N) is 2. The van der Waals surface area contributed by atoms with Gasteiger partial charge in [0.2, 0.25) is 5.91 Å². The highest BCUT2D eigenvalue weighted by Gasteiger charge is 2.24. The SMILES string of the molecule is CCN(CC(=O)NC(=O)NC(C)(C)C)C[C@H]1COc2ccccc2O1. The van der Waals surface area contributed by atoms with Crippen molar-refractivity contribution in [1.82, 2.24) is 15.5 Å². The van der Waals surface area contributed by atoms with Crippen LogP contribution < -0.4 is 20.1 Å². The molecule has 0 aromatic heterocycles. The van der Waals surface area contributed by atoms with Crippen LogP contribution in [0.25, 0.3) is 0 Å². The summed E-state index contributed by atoms with van der Waals surface area (Å²) in [5.74, 6) is 1.10. The molecule has 0 radical (unpaired) electrons. The Morgan fingerprint density at radius 3 is 2.56 bits per heavy atom. The van der Waals surface area contributed by atoms with Crippen molar-refractivity contribution in [3.8, 4) is 11.5 Å². The maximum atomic E-state index is 12.1. The van der Waals surface area contributed by atoms with E-state index in [1.165, 1.54) is 0 Å². The second-order valence-electron chi connectivity index (χ2n) is 7.08. The number of hydrogen-bond acceptors (Lipinski definition) is 5. The molecule has 0 saturated heterocycles. The van der Waals surface area contributed by atoms with Crippen molar-refractivity contribution in [3.05, 3.63) is 24.3 Å². The molecule has 0 fully saturated rings. The molecule has 1 heterocycles. The molecule has 0 aliphatic carbocycles. The Bertz CT molecular complexity index is 613. The van der Waals surface area contributed by atoms with Crippen LogP contribution in [0.3, 0.4) is 0 Å². The summed E-state index contributed by atoms with van der Waals surface area (Å²) in [5.41, 5.74) is -0.393. The summed E-state index contributed by atoms with van der Waals surface area (Å²) in [4.78, 5) is 25.7. The van der Waals surface area contributed by atoms with E-state index in [-0.39, 0.29) is 18.6 Å². The van der Waals surface area contributed by atoms with Gasteiger partial charge in [0.1, 0.15) is 12.7 Å². The minimum Gasteiger partial charge on any atom is -0.486 e. The van der Waals surface area contributed by atoms with Gasteiger partial charge < -0.3 is 14.8 Å². The van der Waals surface area contributed by atoms with Crippen LogP contribution in [0.2, 0.25) is 0 Å². The normalized spacial score (nSPS) is 16.4. The summed E-state index contributed by atoms with van der Waals surface area (Å²) < 4.78 is 11.6. The fraction of sp³-hybridized carbons (Fsp3) is 0.556. The van der Waals surface area contributed by atoms with Crippen LogP contribution in [0.15, 0.2) is 24.3 Å². The first-order chi connectivity index (χ1) is 11.8. The Kier molecular flexibility index (Phi) is 6.25. The minimum atomic E-state index is -0.486. The van der Waals surface area contributed by atoms with Crippen molar-refractivity contribution >= 4 is 11.9 Å². The highest BCUT2D eigenvalue weighted by Crippen LogP contribution is 2.30. The third-order valence-corrected chi connectivity index (χ3v) is 3.59. The van der Waals surface area contributed by atoms with Gasteiger partial charge in [0.25, 0.3) is 0 Å². The number of imide groups is 1. The highest BCUT2D eigenvalue weighted by atomic mass is 16.6. The number of fused-ring (bicyclic) bond motifs is 1. The van der Waals surface area contributed by atoms with E-state index in [1.807, 2.05) is 56.9 Å². The summed E-state index contributed by atoms with van der Waals surface area (Å²) >= 11 is 0. The molecule has 2 rings (SSSR count). The van der Waals surface area contributed by atoms with Gasteiger partial charge in [0.15, 0.2) is 11.5 Å². The molecule has 3 amide bonds. The Morgan fingerprint density at radius 2 is 1.92 bits per heavy atom. The largest absolute Gasteiger partial charge is 0.486 e. The van der Waals surface area contributed by atoms with Crippen LogP contribution in [0.1, 0.15) is 27.7 Å². The average Bonchev–Trinajstić information content (AvgIpc) is 2.52. The van der Waals surface area contributed by atoms with Crippen LogP contribution in [-0.2, 0) is 4.79 Å². The number of hydrogen-bond donors (Lipinski definition) is 2. The maximum absolute atomic E-state index is 12.1. The minimum absolute atomic E-state index is 0.121. The molecule has 1 aromatic rings. The van der Waals surface area contributed by atoms with E-state index in [9.17, 15) is 9.59 Å². The average molecular weight is 349 g/mol. The van der Waals surface area contributed by atoms with Crippen molar-refractivity contribution < 1.29 is 19.1 Å². The molecular formula is C18H27N3O4. The molecular weight excluding hydrogens is 322 g/mol. The predicted octanol–water partition coefficient (Wildman–Crippen LogP) is 1.77. The molecule has 25 heavy (non-hydrogen) atoms. The Labute approximate surface area is 148 Å². The third kappa shape index (κ3) is 6.26. The number of likely N-dealkylation sites (N-methyl/N-ethyl adjacent to an activating group) is 1. The molecule has 0 saturated carbocycles. The first-order valence-corrected chi connectivity index (χ1v) is 8.49. The van der Waals surface area contributed by atoms with Crippen molar-refractivity contribution in [2.45, 2.75) is 39.3 Å². The van der Waals surface area contributed by atoms with E-state index in [1.54, 1.807) is 0 Å². The van der Waals surface area contributed by atoms with Crippen molar-refractivity contribution in [2.24, 2.45) is 0 Å². The lowest BCUT2D eigenvalue weighted by Gasteiger charge is -2.30. The first kappa shape index (κ1) is 19.1. The van der Waals surface area contributed by atoms with Gasteiger partial charge in [0.05, 0.1) is 6.54 Å². The van der Waals surface area contributed by atoms with Crippen LogP contribution in [0.4, 0.5) is 4.79 Å². The van der Waals surface area contributed by atoms with E-state index in [2.05, 4.69) is 10.6 Å². The van der Waals surface area contributed by atoms with Gasteiger partial charge in [-0.25, -0.2) is 4.79 Å². The number of ether oxygens (including phenoxy) is 2. The maximum Gasteiger partial charge on any atom is 0.321 e. The number of rotatable bonds is 5. The van der Waals surface area contributed by atoms with E-state index in [0.29, 0.717) is 25.4 Å². The van der Waals surface area contributed by atoms with Crippen molar-refractivity contribution in [3.63, 3.8) is 0 Å². The zero-order valence-electron chi connectivity index (χ0n) is 15.3. The lowest BCUT2D eigenvalue weighted by molar-refractivity contribution is -0.121. The molecule has 0 bridgehead atoms. The zero-order valence-corrected chi connectivity index (χ0v) is 15.3. The molecule has 0 unspecified atom stereocenters. The molecule has 1 aliphatic heterocycles. The van der Waals surface area contributed by atoms with Gasteiger partial charge in [0, 0.05) is 12.1 Å². The lowest BCUT2D eigenvalue weighted by atomic mass is 10.1. The number of para-hydroxylation sites is 2. The van der Waals surface area contributed by atoms with Gasteiger partial charge in [-0.15, -0.1) is 0 Å². The number of urea groups is 1. The number of carbonyl (C=O) groups excluding carboxylic acids is 2. The predicted molar refractivity (Wildman–Crippen MR) is 94.9 cm³/mol. The topological polar surface area (TPSA) is 79.9 Å². The van der Waals surface area contributed by atoms with Crippen LogP contribution in [0, 0.1) is 0 Å². The summed E-state index contributed by atoms with van der Waals surface area (Å²) in [5, 5.41) is 5.05. The van der Waals surface area contributed by atoms with Gasteiger partial charge in [-0.05, 0) is 39.4 Å². The molecule has 7 nitrogen and oxygen atoms in total. The number of amides is 3. The second-order valence-corrected chi connectivity index (χ2v) is 7.08. The quantitative estimate of drug-likeness (QED) is 0.847. The molecule has 1 atom stereocenters. The van der Waals surface area contributed by atoms with Crippen molar-refractivity contribution in [2.75, 3.05) is 26.2 Å². The molecule has 2 N–H and O–H groups in total. The van der Waals surface area contributed by atoms with Crippen LogP contribution >= 0.6 is 0 Å². The molecule has 138 valence electrons. The van der Waals surface area contributed by atoms with E-state index >= 15 is 0 Å². The third-order valence-electron chi connectivity index (χ3n) is 3.59. The van der Waals surface area contributed by atoms with Gasteiger partial charge >= 0.3 is 6.03 Å². The summed E-state index contributed by atoms with van der Waals surface area (Å²) in [6.07, 6.45) is -0.161. The molecule has 1 aliphatic rings. The zero-order chi connectivity index (χ0) is 18.4. The summed E-state index contributed by atoms with van der Waals surface area (Å²) in [6.45, 7) is 9.28. The Balaban J connectivity index is 1.82. The number of benzene rings is 1. The monoisotopic (exact) mass is 349 g/mol. The number of nitrogens with zero attached hydrogens (tertiary/aromatic N) is 1. The molecule has 0 spiro atoms. The molecule has 7 heteroatoms. The van der Waals surface area contributed by atoms with Crippen LogP contribution in [-0.4, -0.2) is 54.7 Å². The lowest BCUT2D eigenvalue weighted by Crippen LogP contribution is -2.51. The van der Waals surface area contributed by atoms with Crippen molar-refractivity contribution in [1.29, 1.82) is 0 Å². The standard InChI is InChI=1S/C18H27N3O4/c1-5-21(11-16(22)19-17(23)20-18(2,3)4)10-13-12-24-14-8-6-7-9-15(14)25-13/h6-9,13H,5,10-12H2,1-4H3,(H2,19,20,22,23)/t13-/m0/s1. The fourth-order valence-electron chi connectivity index (χ4n) is 2.49. The number of carbonyl (C=O) groups is 2. The van der Waals surface area contributed by atoms with Gasteiger partial charge in [-0.3, -0.25) is 15.0 Å².